The number of H-pyrrole nitrogens is 1. The van der Waals surface area contributed by atoms with Gasteiger partial charge in [-0.2, -0.15) is 4.73 Å². The molecule has 236 valence electrons. The second-order valence-corrected chi connectivity index (χ2v) is 11.3. The van der Waals surface area contributed by atoms with Crippen LogP contribution in [0, 0.1) is 0 Å². The van der Waals surface area contributed by atoms with E-state index in [1.807, 2.05) is 0 Å². The summed E-state index contributed by atoms with van der Waals surface area (Å²) in [4.78, 5) is 37.6. The van der Waals surface area contributed by atoms with Crippen LogP contribution in [0.2, 0.25) is 0 Å². The van der Waals surface area contributed by atoms with Gasteiger partial charge in [0.15, 0.2) is 0 Å². The van der Waals surface area contributed by atoms with Gasteiger partial charge in [-0.3, -0.25) is 9.59 Å². The fraction of sp³-hybridized carbons (Fsp3) is 0.226. The SMILES string of the molecule is O=C1c2c(c3c4ccc(O)cc4n(O[C@@H]4O[C@H](CO)[C@@H](O)[C@H](O)[C@H]4O)c3c3[nH]c4cc(O)ccc4c23)C(=O)N1NCc1ccoc1. The lowest BCUT2D eigenvalue weighted by atomic mass is 9.96. The number of imide groups is 1. The molecule has 0 radical (unpaired) electrons. The predicted molar refractivity (Wildman–Crippen MR) is 159 cm³/mol. The number of benzene rings is 3. The van der Waals surface area contributed by atoms with Crippen LogP contribution in [0.4, 0.5) is 0 Å². The van der Waals surface area contributed by atoms with Crippen molar-refractivity contribution in [2.45, 2.75) is 37.3 Å². The molecule has 0 bridgehead atoms. The van der Waals surface area contributed by atoms with Gasteiger partial charge >= 0.3 is 0 Å². The molecule has 15 heteroatoms. The molecule has 0 aliphatic carbocycles. The molecule has 3 aromatic heterocycles. The van der Waals surface area contributed by atoms with Gasteiger partial charge in [-0.1, -0.05) is 0 Å². The number of furan rings is 1. The molecule has 8 N–H and O–H groups in total. The minimum atomic E-state index is -1.78. The van der Waals surface area contributed by atoms with Crippen LogP contribution in [0.25, 0.3) is 43.6 Å². The van der Waals surface area contributed by atoms with E-state index in [1.54, 1.807) is 18.2 Å². The Balaban J connectivity index is 1.42. The number of phenols is 2. The number of phenolic OH excluding ortho intramolecular Hbond substituents is 2. The number of nitrogens with zero attached hydrogens (tertiary/aromatic N) is 2. The second-order valence-electron chi connectivity index (χ2n) is 11.3. The van der Waals surface area contributed by atoms with Crippen LogP contribution in [0.3, 0.4) is 0 Å². The Bertz CT molecular complexity index is 2200. The largest absolute Gasteiger partial charge is 0.508 e. The number of aromatic amines is 1. The number of aromatic hydroxyl groups is 2. The summed E-state index contributed by atoms with van der Waals surface area (Å²) in [5, 5.41) is 64.5. The van der Waals surface area contributed by atoms with Crippen LogP contribution in [-0.4, -0.2) is 94.5 Å². The van der Waals surface area contributed by atoms with E-state index in [0.717, 1.165) is 5.01 Å². The lowest BCUT2D eigenvalue weighted by Crippen LogP contribution is -2.61. The van der Waals surface area contributed by atoms with Crippen LogP contribution in [-0.2, 0) is 11.3 Å². The van der Waals surface area contributed by atoms with Crippen LogP contribution in [0.5, 0.6) is 11.5 Å². The molecule has 0 spiro atoms. The standard InChI is InChI=1S/C31H26N4O11/c36-10-19-26(39)27(40)28(41)31(45-19)46-35-18-8-14(38)2-4-16(18)21-23-22(29(42)34(30(23)43)32-9-12-5-6-44-11-12)20-15-3-1-13(37)7-17(15)33-24(20)25(21)35/h1-8,11,19,26-28,31-33,36-41H,9-10H2/t19-,26-,27+,28-,31+/m1/s1. The Hall–Kier alpha value is -5.16. The maximum Gasteiger partial charge on any atom is 0.276 e. The molecular formula is C31H26N4O11. The number of hydrogen-bond acceptors (Lipinski definition) is 12. The van der Waals surface area contributed by atoms with Gasteiger partial charge in [-0.25, -0.2) is 10.4 Å². The highest BCUT2D eigenvalue weighted by Crippen LogP contribution is 2.45. The summed E-state index contributed by atoms with van der Waals surface area (Å²) in [6.45, 7) is -0.591. The number of nitrogens with one attached hydrogen (secondary N) is 2. The molecule has 0 saturated carbocycles. The molecule has 6 aromatic rings. The highest BCUT2D eigenvalue weighted by Gasteiger charge is 2.46. The normalized spacial score (nSPS) is 23.4. The Morgan fingerprint density at radius 3 is 2.33 bits per heavy atom. The molecule has 1 saturated heterocycles. The average Bonchev–Trinajstić information content (AvgIpc) is 3.80. The van der Waals surface area contributed by atoms with Gasteiger partial charge in [0.2, 0.25) is 0 Å². The zero-order valence-electron chi connectivity index (χ0n) is 23.6. The first kappa shape index (κ1) is 28.3. The number of carbonyl (C=O) groups is 2. The van der Waals surface area contributed by atoms with Crippen molar-refractivity contribution in [2.24, 2.45) is 0 Å². The van der Waals surface area contributed by atoms with E-state index in [1.165, 1.54) is 41.5 Å². The zero-order valence-corrected chi connectivity index (χ0v) is 23.6. The Labute approximate surface area is 256 Å². The molecule has 5 atom stereocenters. The van der Waals surface area contributed by atoms with Crippen LogP contribution in [0.15, 0.2) is 59.4 Å². The van der Waals surface area contributed by atoms with Gasteiger partial charge in [-0.05, 0) is 30.3 Å². The van der Waals surface area contributed by atoms with E-state index in [4.69, 9.17) is 14.0 Å². The van der Waals surface area contributed by atoms with Crippen molar-refractivity contribution < 1.29 is 54.2 Å². The van der Waals surface area contributed by atoms with Crippen LogP contribution in [0.1, 0.15) is 26.3 Å². The summed E-state index contributed by atoms with van der Waals surface area (Å²) in [7, 11) is 0. The van der Waals surface area contributed by atoms with E-state index in [9.17, 15) is 40.2 Å². The first-order valence-corrected chi connectivity index (χ1v) is 14.3. The number of aliphatic hydroxyl groups excluding tert-OH is 4. The number of fused-ring (bicyclic) bond motifs is 10. The molecule has 2 aliphatic rings. The monoisotopic (exact) mass is 630 g/mol. The summed E-state index contributed by atoms with van der Waals surface area (Å²) >= 11 is 0. The maximum absolute atomic E-state index is 14.2. The fourth-order valence-corrected chi connectivity index (χ4v) is 6.42. The van der Waals surface area contributed by atoms with Crippen LogP contribution < -0.4 is 10.3 Å². The summed E-state index contributed by atoms with van der Waals surface area (Å²) in [6.07, 6.45) is -5.14. The minimum absolute atomic E-state index is 0.0352. The van der Waals surface area contributed by atoms with Crippen molar-refractivity contribution in [3.63, 3.8) is 0 Å². The van der Waals surface area contributed by atoms with E-state index in [-0.39, 0.29) is 45.6 Å². The summed E-state index contributed by atoms with van der Waals surface area (Å²) in [5.74, 6) is -1.52. The molecular weight excluding hydrogens is 604 g/mol. The van der Waals surface area contributed by atoms with E-state index in [0.29, 0.717) is 32.8 Å². The molecule has 15 nitrogen and oxygen atoms in total. The van der Waals surface area contributed by atoms with Crippen molar-refractivity contribution in [1.29, 1.82) is 0 Å². The van der Waals surface area contributed by atoms with E-state index < -0.39 is 49.1 Å². The van der Waals surface area contributed by atoms with Crippen molar-refractivity contribution in [3.8, 4) is 11.5 Å². The first-order chi connectivity index (χ1) is 22.2. The second kappa shape index (κ2) is 10.2. The average molecular weight is 631 g/mol. The van der Waals surface area contributed by atoms with Gasteiger partial charge in [-0.15, -0.1) is 0 Å². The Morgan fingerprint density at radius 2 is 1.61 bits per heavy atom. The van der Waals surface area contributed by atoms with E-state index >= 15 is 0 Å². The molecule has 2 amide bonds. The molecule has 46 heavy (non-hydrogen) atoms. The number of hydrogen-bond donors (Lipinski definition) is 8. The number of amides is 2. The zero-order chi connectivity index (χ0) is 32.0. The van der Waals surface area contributed by atoms with Gasteiger partial charge in [0.1, 0.15) is 41.4 Å². The number of rotatable bonds is 6. The third-order valence-corrected chi connectivity index (χ3v) is 8.59. The topological polar surface area (TPSA) is 223 Å². The Morgan fingerprint density at radius 1 is 0.891 bits per heavy atom. The molecule has 8 rings (SSSR count). The predicted octanol–water partition coefficient (Wildman–Crippen LogP) is 0.963. The number of hydrazine groups is 1. The highest BCUT2D eigenvalue weighted by atomic mass is 16.8. The highest BCUT2D eigenvalue weighted by molar-refractivity contribution is 6.39. The summed E-state index contributed by atoms with van der Waals surface area (Å²) in [6, 6.07) is 10.5. The lowest BCUT2D eigenvalue weighted by molar-refractivity contribution is -0.298. The number of carbonyl (C=O) groups excluding carboxylic acids is 2. The van der Waals surface area contributed by atoms with Crippen molar-refractivity contribution >= 4 is 55.4 Å². The lowest BCUT2D eigenvalue weighted by Gasteiger charge is -2.39. The van der Waals surface area contributed by atoms with Gasteiger partial charge in [0.05, 0.1) is 46.8 Å². The van der Waals surface area contributed by atoms with Gasteiger partial charge in [0.25, 0.3) is 18.1 Å². The molecule has 2 aliphatic heterocycles. The Kier molecular flexibility index (Phi) is 6.27. The molecule has 5 heterocycles. The third-order valence-electron chi connectivity index (χ3n) is 8.59. The van der Waals surface area contributed by atoms with Crippen molar-refractivity contribution in [1.82, 2.24) is 20.1 Å². The van der Waals surface area contributed by atoms with Gasteiger partial charge in [0, 0.05) is 45.8 Å². The number of aromatic nitrogens is 2. The number of aliphatic hydroxyl groups is 4. The van der Waals surface area contributed by atoms with Crippen LogP contribution >= 0.6 is 0 Å². The molecule has 3 aromatic carbocycles. The number of ether oxygens (including phenoxy) is 1. The summed E-state index contributed by atoms with van der Waals surface area (Å²) < 4.78 is 11.9. The minimum Gasteiger partial charge on any atom is -0.508 e. The van der Waals surface area contributed by atoms with Gasteiger partial charge < -0.3 is 49.6 Å². The van der Waals surface area contributed by atoms with E-state index in [2.05, 4.69) is 10.4 Å². The summed E-state index contributed by atoms with van der Waals surface area (Å²) in [5.41, 5.74) is 4.85. The van der Waals surface area contributed by atoms with Crippen molar-refractivity contribution in [3.05, 3.63) is 71.7 Å². The fourth-order valence-electron chi connectivity index (χ4n) is 6.42. The first-order valence-electron chi connectivity index (χ1n) is 14.3. The van der Waals surface area contributed by atoms with Crippen molar-refractivity contribution in [2.75, 3.05) is 6.61 Å². The third kappa shape index (κ3) is 3.94. The molecule has 0 unspecified atom stereocenters. The smallest absolute Gasteiger partial charge is 0.276 e. The quantitative estimate of drug-likeness (QED) is 0.121. The molecule has 1 fully saturated rings. The maximum atomic E-state index is 14.2.